The highest BCUT2D eigenvalue weighted by Crippen LogP contribution is 2.35. The zero-order chi connectivity index (χ0) is 21.0. The van der Waals surface area contributed by atoms with Gasteiger partial charge in [-0.1, -0.05) is 26.3 Å². The summed E-state index contributed by atoms with van der Waals surface area (Å²) in [5.41, 5.74) is 1.75. The minimum absolute atomic E-state index is 0.221. The predicted molar refractivity (Wildman–Crippen MR) is 121 cm³/mol. The standard InChI is InChI=1S/C25H40N4O/c1-3-25(2)10-16-28(17-11-25)24(30)22-7-5-13-29(20-22)23-8-14-27(15-9-23)19-21-6-4-12-26-18-21/h4,6,12,18,22-23H,3,5,7-11,13-17,19-20H2,1-2H3. The summed E-state index contributed by atoms with van der Waals surface area (Å²) in [5, 5.41) is 0. The molecule has 0 spiro atoms. The predicted octanol–water partition coefficient (Wildman–Crippen LogP) is 3.80. The Kier molecular flexibility index (Phi) is 7.09. The molecule has 0 N–H and O–H groups in total. The van der Waals surface area contributed by atoms with Crippen LogP contribution in [0.3, 0.4) is 0 Å². The second-order valence-electron chi connectivity index (χ2n) is 10.2. The van der Waals surface area contributed by atoms with E-state index in [2.05, 4.69) is 39.6 Å². The Morgan fingerprint density at radius 2 is 1.90 bits per heavy atom. The summed E-state index contributed by atoms with van der Waals surface area (Å²) >= 11 is 0. The molecule has 0 radical (unpaired) electrons. The second kappa shape index (κ2) is 9.78. The van der Waals surface area contributed by atoms with E-state index < -0.39 is 0 Å². The lowest BCUT2D eigenvalue weighted by molar-refractivity contribution is -0.140. The molecule has 4 rings (SSSR count). The van der Waals surface area contributed by atoms with Gasteiger partial charge in [-0.2, -0.15) is 0 Å². The van der Waals surface area contributed by atoms with E-state index in [-0.39, 0.29) is 5.92 Å². The Morgan fingerprint density at radius 1 is 1.13 bits per heavy atom. The maximum absolute atomic E-state index is 13.2. The van der Waals surface area contributed by atoms with Crippen molar-refractivity contribution in [2.24, 2.45) is 11.3 Å². The smallest absolute Gasteiger partial charge is 0.226 e. The summed E-state index contributed by atoms with van der Waals surface area (Å²) in [6.45, 7) is 12.1. The largest absolute Gasteiger partial charge is 0.342 e. The topological polar surface area (TPSA) is 39.7 Å². The van der Waals surface area contributed by atoms with Crippen LogP contribution in [0.1, 0.15) is 64.4 Å². The number of aromatic nitrogens is 1. The van der Waals surface area contributed by atoms with E-state index in [1.54, 1.807) is 0 Å². The van der Waals surface area contributed by atoms with Gasteiger partial charge in [0.1, 0.15) is 0 Å². The van der Waals surface area contributed by atoms with Crippen LogP contribution < -0.4 is 0 Å². The van der Waals surface area contributed by atoms with Gasteiger partial charge in [-0.05, 0) is 75.2 Å². The molecule has 1 amide bonds. The third-order valence-corrected chi connectivity index (χ3v) is 8.14. The average Bonchev–Trinajstić information content (AvgIpc) is 2.80. The number of hydrogen-bond acceptors (Lipinski definition) is 4. The monoisotopic (exact) mass is 412 g/mol. The first-order valence-electron chi connectivity index (χ1n) is 12.2. The van der Waals surface area contributed by atoms with Gasteiger partial charge in [-0.15, -0.1) is 0 Å². The lowest BCUT2D eigenvalue weighted by atomic mass is 9.78. The van der Waals surface area contributed by atoms with Crippen LogP contribution in [0.4, 0.5) is 0 Å². The fourth-order valence-corrected chi connectivity index (χ4v) is 5.61. The molecule has 0 saturated carbocycles. The number of piperidine rings is 3. The van der Waals surface area contributed by atoms with Gasteiger partial charge < -0.3 is 4.90 Å². The Labute approximate surface area is 182 Å². The zero-order valence-corrected chi connectivity index (χ0v) is 19.1. The van der Waals surface area contributed by atoms with Crippen LogP contribution in [0.25, 0.3) is 0 Å². The molecule has 3 fully saturated rings. The van der Waals surface area contributed by atoms with Gasteiger partial charge in [0.15, 0.2) is 0 Å². The summed E-state index contributed by atoms with van der Waals surface area (Å²) in [5.74, 6) is 0.657. The Morgan fingerprint density at radius 3 is 2.57 bits per heavy atom. The van der Waals surface area contributed by atoms with Crippen molar-refractivity contribution in [2.45, 2.75) is 71.4 Å². The van der Waals surface area contributed by atoms with Gasteiger partial charge in [0.25, 0.3) is 0 Å². The van der Waals surface area contributed by atoms with Gasteiger partial charge in [0.2, 0.25) is 5.91 Å². The molecule has 3 aliphatic rings. The molecule has 30 heavy (non-hydrogen) atoms. The van der Waals surface area contributed by atoms with E-state index in [1.165, 1.54) is 50.6 Å². The summed E-state index contributed by atoms with van der Waals surface area (Å²) in [6, 6.07) is 4.84. The molecule has 1 aromatic heterocycles. The van der Waals surface area contributed by atoms with Crippen LogP contribution in [0.5, 0.6) is 0 Å². The summed E-state index contributed by atoms with van der Waals surface area (Å²) in [6.07, 6.45) is 12.1. The highest BCUT2D eigenvalue weighted by molar-refractivity contribution is 5.79. The van der Waals surface area contributed by atoms with Crippen LogP contribution >= 0.6 is 0 Å². The van der Waals surface area contributed by atoms with Crippen molar-refractivity contribution in [3.63, 3.8) is 0 Å². The molecule has 166 valence electrons. The van der Waals surface area contributed by atoms with Gasteiger partial charge in [0.05, 0.1) is 5.92 Å². The third kappa shape index (κ3) is 5.23. The van der Waals surface area contributed by atoms with Crippen molar-refractivity contribution in [2.75, 3.05) is 39.3 Å². The van der Waals surface area contributed by atoms with Gasteiger partial charge >= 0.3 is 0 Å². The lowest BCUT2D eigenvalue weighted by Gasteiger charge is -2.44. The highest BCUT2D eigenvalue weighted by Gasteiger charge is 2.36. The molecule has 3 aliphatic heterocycles. The molecule has 0 aliphatic carbocycles. The quantitative estimate of drug-likeness (QED) is 0.738. The van der Waals surface area contributed by atoms with Gasteiger partial charge in [0, 0.05) is 44.6 Å². The van der Waals surface area contributed by atoms with Crippen molar-refractivity contribution in [1.82, 2.24) is 19.7 Å². The Balaban J connectivity index is 1.25. The first kappa shape index (κ1) is 21.8. The van der Waals surface area contributed by atoms with Crippen LogP contribution in [0.15, 0.2) is 24.5 Å². The maximum atomic E-state index is 13.2. The van der Waals surface area contributed by atoms with Gasteiger partial charge in [-0.25, -0.2) is 0 Å². The normalized spacial score (nSPS) is 26.6. The number of hydrogen-bond donors (Lipinski definition) is 0. The average molecular weight is 413 g/mol. The number of pyridine rings is 1. The molecule has 3 saturated heterocycles. The van der Waals surface area contributed by atoms with Crippen LogP contribution in [0, 0.1) is 11.3 Å². The number of carbonyl (C=O) groups is 1. The first-order valence-corrected chi connectivity index (χ1v) is 12.2. The van der Waals surface area contributed by atoms with Crippen molar-refractivity contribution >= 4 is 5.91 Å². The van der Waals surface area contributed by atoms with E-state index in [1.807, 2.05) is 18.5 Å². The van der Waals surface area contributed by atoms with E-state index in [0.29, 0.717) is 17.4 Å². The lowest BCUT2D eigenvalue weighted by Crippen LogP contribution is -2.52. The minimum Gasteiger partial charge on any atom is -0.342 e. The highest BCUT2D eigenvalue weighted by atomic mass is 16.2. The number of carbonyl (C=O) groups excluding carboxylic acids is 1. The fourth-order valence-electron chi connectivity index (χ4n) is 5.61. The van der Waals surface area contributed by atoms with Crippen molar-refractivity contribution in [3.8, 4) is 0 Å². The van der Waals surface area contributed by atoms with Crippen molar-refractivity contribution in [3.05, 3.63) is 30.1 Å². The molecule has 0 bridgehead atoms. The molecule has 4 heterocycles. The SMILES string of the molecule is CCC1(C)CCN(C(=O)C2CCCN(C3CCN(Cc4cccnc4)CC3)C2)CC1. The minimum atomic E-state index is 0.221. The fraction of sp³-hybridized carbons (Fsp3) is 0.760. The molecule has 1 aromatic rings. The molecule has 5 heteroatoms. The summed E-state index contributed by atoms with van der Waals surface area (Å²) < 4.78 is 0. The van der Waals surface area contributed by atoms with E-state index >= 15 is 0 Å². The second-order valence-corrected chi connectivity index (χ2v) is 10.2. The number of rotatable bonds is 5. The molecular formula is C25H40N4O. The van der Waals surface area contributed by atoms with E-state index in [4.69, 9.17) is 0 Å². The Hall–Kier alpha value is -1.46. The molecule has 5 nitrogen and oxygen atoms in total. The first-order chi connectivity index (χ1) is 14.6. The molecular weight excluding hydrogens is 372 g/mol. The van der Waals surface area contributed by atoms with Crippen molar-refractivity contribution in [1.29, 1.82) is 0 Å². The summed E-state index contributed by atoms with van der Waals surface area (Å²) in [4.78, 5) is 24.8. The van der Waals surface area contributed by atoms with E-state index in [0.717, 1.165) is 45.7 Å². The molecule has 1 unspecified atom stereocenters. The number of nitrogens with zero attached hydrogens (tertiary/aromatic N) is 4. The molecule has 0 aromatic carbocycles. The van der Waals surface area contributed by atoms with Crippen LogP contribution in [0.2, 0.25) is 0 Å². The zero-order valence-electron chi connectivity index (χ0n) is 19.1. The van der Waals surface area contributed by atoms with Crippen molar-refractivity contribution < 1.29 is 4.79 Å². The number of likely N-dealkylation sites (tertiary alicyclic amines) is 3. The van der Waals surface area contributed by atoms with E-state index in [9.17, 15) is 4.79 Å². The van der Waals surface area contributed by atoms with Gasteiger partial charge in [-0.3, -0.25) is 19.6 Å². The third-order valence-electron chi connectivity index (χ3n) is 8.14. The van der Waals surface area contributed by atoms with Crippen LogP contribution in [-0.4, -0.2) is 70.9 Å². The Bertz CT molecular complexity index is 678. The number of amides is 1. The summed E-state index contributed by atoms with van der Waals surface area (Å²) in [7, 11) is 0. The molecule has 1 atom stereocenters. The van der Waals surface area contributed by atoms with Crippen LogP contribution in [-0.2, 0) is 11.3 Å². The maximum Gasteiger partial charge on any atom is 0.226 e.